The van der Waals surface area contributed by atoms with E-state index in [1.54, 1.807) is 12.1 Å². The standard InChI is InChI=1S/C16H15FN2O/c1-2-20-11-12-5-3-6-13(9-12)19-16-8-4-7-15(17)14(16)10-18/h3-9,19H,2,11H2,1H3. The first-order valence-corrected chi connectivity index (χ1v) is 6.37. The van der Waals surface area contributed by atoms with Gasteiger partial charge in [-0.15, -0.1) is 0 Å². The quantitative estimate of drug-likeness (QED) is 0.893. The first-order chi connectivity index (χ1) is 9.74. The molecule has 0 saturated carbocycles. The Morgan fingerprint density at radius 1 is 1.25 bits per heavy atom. The van der Waals surface area contributed by atoms with Gasteiger partial charge >= 0.3 is 0 Å². The van der Waals surface area contributed by atoms with Crippen LogP contribution < -0.4 is 5.32 Å². The van der Waals surface area contributed by atoms with Gasteiger partial charge < -0.3 is 10.1 Å². The third kappa shape index (κ3) is 3.34. The van der Waals surface area contributed by atoms with Crippen LogP contribution in [0.4, 0.5) is 15.8 Å². The molecule has 0 atom stereocenters. The van der Waals surface area contributed by atoms with Crippen molar-refractivity contribution in [2.24, 2.45) is 0 Å². The second-order valence-corrected chi connectivity index (χ2v) is 4.24. The van der Waals surface area contributed by atoms with E-state index in [-0.39, 0.29) is 5.56 Å². The van der Waals surface area contributed by atoms with Crippen molar-refractivity contribution in [3.05, 3.63) is 59.4 Å². The minimum absolute atomic E-state index is 0.0164. The van der Waals surface area contributed by atoms with Gasteiger partial charge in [-0.3, -0.25) is 0 Å². The largest absolute Gasteiger partial charge is 0.377 e. The number of hydrogen-bond acceptors (Lipinski definition) is 3. The number of halogens is 1. The zero-order valence-corrected chi connectivity index (χ0v) is 11.2. The Balaban J connectivity index is 2.22. The van der Waals surface area contributed by atoms with E-state index in [0.717, 1.165) is 11.3 Å². The molecule has 2 aromatic carbocycles. The van der Waals surface area contributed by atoms with Crippen LogP contribution in [-0.2, 0) is 11.3 Å². The summed E-state index contributed by atoms with van der Waals surface area (Å²) in [7, 11) is 0. The highest BCUT2D eigenvalue weighted by Crippen LogP contribution is 2.23. The second-order valence-electron chi connectivity index (χ2n) is 4.24. The molecular formula is C16H15FN2O. The van der Waals surface area contributed by atoms with Crippen molar-refractivity contribution in [3.8, 4) is 6.07 Å². The third-order valence-electron chi connectivity index (χ3n) is 2.80. The smallest absolute Gasteiger partial charge is 0.143 e. The number of benzene rings is 2. The number of hydrogen-bond donors (Lipinski definition) is 1. The highest BCUT2D eigenvalue weighted by molar-refractivity contribution is 5.67. The van der Waals surface area contributed by atoms with Crippen molar-refractivity contribution in [1.82, 2.24) is 0 Å². The monoisotopic (exact) mass is 270 g/mol. The first-order valence-electron chi connectivity index (χ1n) is 6.37. The Hall–Kier alpha value is -2.38. The van der Waals surface area contributed by atoms with Crippen LogP contribution in [0.3, 0.4) is 0 Å². The van der Waals surface area contributed by atoms with Gasteiger partial charge in [0.05, 0.1) is 12.3 Å². The molecule has 4 heteroatoms. The van der Waals surface area contributed by atoms with Gasteiger partial charge in [0.1, 0.15) is 17.4 Å². The maximum Gasteiger partial charge on any atom is 0.143 e. The van der Waals surface area contributed by atoms with E-state index in [4.69, 9.17) is 10.00 Å². The Morgan fingerprint density at radius 2 is 2.05 bits per heavy atom. The lowest BCUT2D eigenvalue weighted by Crippen LogP contribution is -1.97. The van der Waals surface area contributed by atoms with Gasteiger partial charge in [0.2, 0.25) is 0 Å². The molecule has 0 unspecified atom stereocenters. The van der Waals surface area contributed by atoms with Crippen LogP contribution in [-0.4, -0.2) is 6.61 Å². The fraction of sp³-hybridized carbons (Fsp3) is 0.188. The summed E-state index contributed by atoms with van der Waals surface area (Å²) in [5.74, 6) is -0.525. The summed E-state index contributed by atoms with van der Waals surface area (Å²) >= 11 is 0. The Morgan fingerprint density at radius 3 is 2.80 bits per heavy atom. The number of nitrogens with zero attached hydrogens (tertiary/aromatic N) is 1. The molecule has 2 rings (SSSR count). The average molecular weight is 270 g/mol. The van der Waals surface area contributed by atoms with Crippen LogP contribution in [0.25, 0.3) is 0 Å². The maximum atomic E-state index is 13.5. The zero-order valence-electron chi connectivity index (χ0n) is 11.2. The fourth-order valence-electron chi connectivity index (χ4n) is 1.86. The van der Waals surface area contributed by atoms with Gasteiger partial charge in [-0.25, -0.2) is 4.39 Å². The third-order valence-corrected chi connectivity index (χ3v) is 2.80. The topological polar surface area (TPSA) is 45.0 Å². The van der Waals surface area contributed by atoms with Crippen LogP contribution in [0.15, 0.2) is 42.5 Å². The zero-order chi connectivity index (χ0) is 14.4. The summed E-state index contributed by atoms with van der Waals surface area (Å²) in [6.45, 7) is 3.12. The van der Waals surface area contributed by atoms with Crippen LogP contribution >= 0.6 is 0 Å². The summed E-state index contributed by atoms with van der Waals surface area (Å²) in [5, 5.41) is 12.1. The molecule has 0 spiro atoms. The lowest BCUT2D eigenvalue weighted by atomic mass is 10.1. The van der Waals surface area contributed by atoms with E-state index < -0.39 is 5.82 Å². The van der Waals surface area contributed by atoms with Gasteiger partial charge in [0.15, 0.2) is 0 Å². The minimum Gasteiger partial charge on any atom is -0.377 e. The molecule has 0 bridgehead atoms. The summed E-state index contributed by atoms with van der Waals surface area (Å²) in [6.07, 6.45) is 0. The van der Waals surface area contributed by atoms with Crippen molar-refractivity contribution in [2.75, 3.05) is 11.9 Å². The van der Waals surface area contributed by atoms with Crippen LogP contribution in [0.2, 0.25) is 0 Å². The molecule has 20 heavy (non-hydrogen) atoms. The Kier molecular flexibility index (Phi) is 4.70. The minimum atomic E-state index is -0.525. The van der Waals surface area contributed by atoms with Gasteiger partial charge in [-0.2, -0.15) is 5.26 Å². The SMILES string of the molecule is CCOCc1cccc(Nc2cccc(F)c2C#N)c1. The normalized spacial score (nSPS) is 10.1. The summed E-state index contributed by atoms with van der Waals surface area (Å²) in [4.78, 5) is 0. The molecule has 0 aromatic heterocycles. The van der Waals surface area contributed by atoms with Crippen molar-refractivity contribution in [1.29, 1.82) is 5.26 Å². The van der Waals surface area contributed by atoms with Crippen molar-refractivity contribution in [2.45, 2.75) is 13.5 Å². The molecular weight excluding hydrogens is 255 g/mol. The molecule has 0 saturated heterocycles. The van der Waals surface area contributed by atoms with E-state index in [1.165, 1.54) is 6.07 Å². The number of ether oxygens (including phenoxy) is 1. The van der Waals surface area contributed by atoms with E-state index >= 15 is 0 Å². The molecule has 0 aliphatic heterocycles. The number of anilines is 2. The van der Waals surface area contributed by atoms with Gasteiger partial charge in [0, 0.05) is 12.3 Å². The summed E-state index contributed by atoms with van der Waals surface area (Å²) in [6, 6.07) is 14.0. The molecule has 0 fully saturated rings. The number of nitriles is 1. The summed E-state index contributed by atoms with van der Waals surface area (Å²) < 4.78 is 18.9. The van der Waals surface area contributed by atoms with Crippen molar-refractivity contribution >= 4 is 11.4 Å². The maximum absolute atomic E-state index is 13.5. The number of nitrogens with one attached hydrogen (secondary N) is 1. The van der Waals surface area contributed by atoms with E-state index in [1.807, 2.05) is 37.3 Å². The molecule has 2 aromatic rings. The molecule has 0 heterocycles. The van der Waals surface area contributed by atoms with Gasteiger partial charge in [-0.1, -0.05) is 18.2 Å². The molecule has 3 nitrogen and oxygen atoms in total. The van der Waals surface area contributed by atoms with Crippen molar-refractivity contribution in [3.63, 3.8) is 0 Å². The molecule has 0 radical (unpaired) electrons. The van der Waals surface area contributed by atoms with Crippen LogP contribution in [0.1, 0.15) is 18.1 Å². The highest BCUT2D eigenvalue weighted by Gasteiger charge is 2.07. The average Bonchev–Trinajstić information content (AvgIpc) is 2.46. The highest BCUT2D eigenvalue weighted by atomic mass is 19.1. The summed E-state index contributed by atoms with van der Waals surface area (Å²) in [5.41, 5.74) is 2.29. The molecule has 1 N–H and O–H groups in total. The van der Waals surface area contributed by atoms with E-state index in [9.17, 15) is 4.39 Å². The van der Waals surface area contributed by atoms with Gasteiger partial charge in [-0.05, 0) is 36.8 Å². The molecule has 0 aliphatic carbocycles. The van der Waals surface area contributed by atoms with Gasteiger partial charge in [0.25, 0.3) is 0 Å². The van der Waals surface area contributed by atoms with Crippen LogP contribution in [0.5, 0.6) is 0 Å². The van der Waals surface area contributed by atoms with Crippen molar-refractivity contribution < 1.29 is 9.13 Å². The second kappa shape index (κ2) is 6.69. The Bertz CT molecular complexity index is 635. The lowest BCUT2D eigenvalue weighted by Gasteiger charge is -2.10. The molecule has 0 amide bonds. The number of rotatable bonds is 5. The first kappa shape index (κ1) is 14.0. The lowest BCUT2D eigenvalue weighted by molar-refractivity contribution is 0.134. The molecule has 0 aliphatic rings. The van der Waals surface area contributed by atoms with E-state index in [2.05, 4.69) is 5.32 Å². The van der Waals surface area contributed by atoms with Crippen LogP contribution in [0, 0.1) is 17.1 Å². The fourth-order valence-corrected chi connectivity index (χ4v) is 1.86. The Labute approximate surface area is 117 Å². The predicted octanol–water partition coefficient (Wildman–Crippen LogP) is 3.98. The molecule has 102 valence electrons. The van der Waals surface area contributed by atoms with E-state index in [0.29, 0.717) is 18.9 Å². The predicted molar refractivity (Wildman–Crippen MR) is 76.2 cm³/mol.